The third-order valence-electron chi connectivity index (χ3n) is 5.39. The summed E-state index contributed by atoms with van der Waals surface area (Å²) < 4.78 is 6.07. The Labute approximate surface area is 208 Å². The summed E-state index contributed by atoms with van der Waals surface area (Å²) in [6.07, 6.45) is 6.57. The van der Waals surface area contributed by atoms with Gasteiger partial charge in [-0.05, 0) is 44.0 Å². The summed E-state index contributed by atoms with van der Waals surface area (Å²) in [7, 11) is -1.44. The monoisotopic (exact) mass is 519 g/mol. The molecule has 1 atom stereocenters. The van der Waals surface area contributed by atoms with Crippen molar-refractivity contribution in [2.45, 2.75) is 45.3 Å². The fourth-order valence-corrected chi connectivity index (χ4v) is 4.79. The molecule has 0 saturated carbocycles. The topological polar surface area (TPSA) is 9.23 Å². The van der Waals surface area contributed by atoms with Crippen LogP contribution in [0.15, 0.2) is 54.1 Å². The van der Waals surface area contributed by atoms with E-state index in [2.05, 4.69) is 81.2 Å². The van der Waals surface area contributed by atoms with Crippen molar-refractivity contribution < 1.29 is 55.4 Å². The van der Waals surface area contributed by atoms with Crippen molar-refractivity contribution in [1.29, 1.82) is 0 Å². The van der Waals surface area contributed by atoms with Gasteiger partial charge >= 0.3 is 26.2 Å². The Morgan fingerprint density at radius 3 is 2.48 bits per heavy atom. The first-order chi connectivity index (χ1) is 12.4. The number of hydrogen-bond donors (Lipinski definition) is 0. The Balaban J connectivity index is 0.00000140. The maximum absolute atomic E-state index is 6.07. The first-order valence-corrected chi connectivity index (χ1v) is 13.0. The molecule has 0 heterocycles. The number of hydrogen-bond acceptors (Lipinski definition) is 1. The molecule has 0 amide bonds. The number of fused-ring (bicyclic) bond motifs is 3. The average molecular weight is 522 g/mol. The molecular weight excluding hydrogens is 494 g/mol. The predicted octanol–water partition coefficient (Wildman–Crippen LogP) is 0.580. The molecule has 151 valence electrons. The molecule has 1 unspecified atom stereocenters. The van der Waals surface area contributed by atoms with Crippen molar-refractivity contribution >= 4 is 13.9 Å². The summed E-state index contributed by atoms with van der Waals surface area (Å²) in [5.74, 6) is 0.426. The van der Waals surface area contributed by atoms with E-state index in [0.717, 1.165) is 19.4 Å². The molecule has 0 saturated heterocycles. The SMILES string of the molecule is CC1c2[c-]c(C3=C(CCO[Si](C)(C)C)C=CC3)ccc2-c2ccccc21.[Cl-].[Cl-].[Zr+3]. The van der Waals surface area contributed by atoms with Crippen LogP contribution in [0.25, 0.3) is 16.7 Å². The molecule has 2 aliphatic rings. The van der Waals surface area contributed by atoms with E-state index in [-0.39, 0.29) is 51.0 Å². The number of allylic oxidation sites excluding steroid dienone is 3. The van der Waals surface area contributed by atoms with Gasteiger partial charge in [-0.1, -0.05) is 60.0 Å². The van der Waals surface area contributed by atoms with Crippen LogP contribution in [0.3, 0.4) is 0 Å². The molecule has 0 spiro atoms. The van der Waals surface area contributed by atoms with E-state index in [0.29, 0.717) is 5.92 Å². The van der Waals surface area contributed by atoms with Crippen LogP contribution < -0.4 is 24.8 Å². The van der Waals surface area contributed by atoms with E-state index in [4.69, 9.17) is 4.43 Å². The zero-order valence-electron chi connectivity index (χ0n) is 17.5. The van der Waals surface area contributed by atoms with Crippen molar-refractivity contribution in [1.82, 2.24) is 0 Å². The Kier molecular flexibility index (Phi) is 9.84. The van der Waals surface area contributed by atoms with Gasteiger partial charge in [0.05, 0.1) is 0 Å². The first kappa shape index (κ1) is 26.6. The van der Waals surface area contributed by atoms with Gasteiger partial charge in [-0.3, -0.25) is 0 Å². The maximum atomic E-state index is 6.07. The van der Waals surface area contributed by atoms with Crippen LogP contribution in [-0.4, -0.2) is 14.9 Å². The smallest absolute Gasteiger partial charge is 1.00 e. The molecule has 0 aromatic heterocycles. The Morgan fingerprint density at radius 2 is 1.76 bits per heavy atom. The Morgan fingerprint density at radius 1 is 1.03 bits per heavy atom. The summed E-state index contributed by atoms with van der Waals surface area (Å²) in [5, 5.41) is 0. The zero-order chi connectivity index (χ0) is 18.3. The van der Waals surface area contributed by atoms with Crippen LogP contribution in [0, 0.1) is 6.07 Å². The van der Waals surface area contributed by atoms with Crippen LogP contribution in [0.5, 0.6) is 0 Å². The van der Waals surface area contributed by atoms with Gasteiger partial charge in [-0.15, -0.1) is 34.9 Å². The summed E-state index contributed by atoms with van der Waals surface area (Å²) in [4.78, 5) is 0. The van der Waals surface area contributed by atoms with Gasteiger partial charge in [-0.2, -0.15) is 0 Å². The fraction of sp³-hybridized carbons (Fsp3) is 0.333. The van der Waals surface area contributed by atoms with Gasteiger partial charge in [-0.25, -0.2) is 0 Å². The van der Waals surface area contributed by atoms with Crippen LogP contribution in [0.1, 0.15) is 42.4 Å². The molecule has 5 heteroatoms. The molecule has 2 aliphatic carbocycles. The molecular formula is C24H27Cl2OSiZr. The minimum Gasteiger partial charge on any atom is -1.00 e. The molecule has 0 N–H and O–H groups in total. The van der Waals surface area contributed by atoms with Crippen LogP contribution in [0.4, 0.5) is 0 Å². The number of rotatable bonds is 5. The first-order valence-electron chi connectivity index (χ1n) is 9.62. The van der Waals surface area contributed by atoms with E-state index in [1.54, 1.807) is 0 Å². The summed E-state index contributed by atoms with van der Waals surface area (Å²) in [5.41, 5.74) is 9.61. The third-order valence-corrected chi connectivity index (χ3v) is 6.46. The second-order valence-electron chi connectivity index (χ2n) is 8.33. The van der Waals surface area contributed by atoms with Gasteiger partial charge in [0.1, 0.15) is 0 Å². The van der Waals surface area contributed by atoms with Crippen molar-refractivity contribution in [2.75, 3.05) is 6.61 Å². The molecule has 29 heavy (non-hydrogen) atoms. The van der Waals surface area contributed by atoms with Gasteiger partial charge in [0.15, 0.2) is 8.32 Å². The molecule has 0 aliphatic heterocycles. The molecule has 1 nitrogen and oxygen atoms in total. The third kappa shape index (κ3) is 5.63. The second-order valence-corrected chi connectivity index (χ2v) is 12.8. The van der Waals surface area contributed by atoms with Gasteiger partial charge in [0.2, 0.25) is 0 Å². The summed E-state index contributed by atoms with van der Waals surface area (Å²) in [6.45, 7) is 9.88. The van der Waals surface area contributed by atoms with Crippen molar-refractivity contribution in [2.24, 2.45) is 0 Å². The van der Waals surface area contributed by atoms with E-state index in [1.807, 2.05) is 0 Å². The molecule has 2 aromatic carbocycles. The molecule has 1 radical (unpaired) electrons. The van der Waals surface area contributed by atoms with Gasteiger partial charge in [0, 0.05) is 6.61 Å². The van der Waals surface area contributed by atoms with Gasteiger partial charge in [0.25, 0.3) is 0 Å². The van der Waals surface area contributed by atoms with Crippen LogP contribution in [-0.2, 0) is 30.6 Å². The van der Waals surface area contributed by atoms with Crippen LogP contribution >= 0.6 is 0 Å². The van der Waals surface area contributed by atoms with E-state index in [9.17, 15) is 0 Å². The van der Waals surface area contributed by atoms with Crippen molar-refractivity contribution in [3.63, 3.8) is 0 Å². The summed E-state index contributed by atoms with van der Waals surface area (Å²) in [6, 6.07) is 17.1. The minimum atomic E-state index is -1.44. The van der Waals surface area contributed by atoms with Gasteiger partial charge < -0.3 is 29.2 Å². The Hall–Kier alpha value is -0.440. The van der Waals surface area contributed by atoms with E-state index >= 15 is 0 Å². The zero-order valence-corrected chi connectivity index (χ0v) is 22.5. The molecule has 2 aromatic rings. The summed E-state index contributed by atoms with van der Waals surface area (Å²) >= 11 is 0. The number of benzene rings is 2. The number of halogens is 2. The molecule has 4 rings (SSSR count). The Bertz CT molecular complexity index is 915. The fourth-order valence-electron chi connectivity index (χ4n) is 4.07. The normalized spacial score (nSPS) is 16.5. The average Bonchev–Trinajstić information content (AvgIpc) is 3.18. The standard InChI is InChI=1S/C24H27OSi.2ClH.Zr/c1-17-20-9-5-6-10-22(20)23-13-12-19(16-24(17)23)21-11-7-8-18(21)14-15-25-26(2,3)4;;;/h5-10,12-13,17H,11,14-15H2,1-4H3;2*1H;/q-1;;;+3/p-2. The van der Waals surface area contributed by atoms with E-state index < -0.39 is 8.32 Å². The van der Waals surface area contributed by atoms with Crippen molar-refractivity contribution in [3.8, 4) is 11.1 Å². The molecule has 0 bridgehead atoms. The largest absolute Gasteiger partial charge is 3.00 e. The quantitative estimate of drug-likeness (QED) is 0.413. The van der Waals surface area contributed by atoms with Crippen LogP contribution in [0.2, 0.25) is 19.6 Å². The minimum absolute atomic E-state index is 0. The van der Waals surface area contributed by atoms with Crippen molar-refractivity contribution in [3.05, 3.63) is 76.9 Å². The molecule has 0 fully saturated rings. The van der Waals surface area contributed by atoms with E-state index in [1.165, 1.54) is 39.0 Å². The second kappa shape index (κ2) is 10.7. The maximum Gasteiger partial charge on any atom is 3.00 e. The predicted molar refractivity (Wildman–Crippen MR) is 113 cm³/mol.